The number of aryl methyl sites for hydroxylation is 1. The molecule has 0 bridgehead atoms. The summed E-state index contributed by atoms with van der Waals surface area (Å²) >= 11 is 0. The van der Waals surface area contributed by atoms with Crippen molar-refractivity contribution in [2.45, 2.75) is 26.2 Å². The SMILES string of the molecule is Cc1ccc(Cc2ccc(OC(=O)N3CCC(COn4ccnc4)CC3)cc2)nc1. The number of imidazole rings is 1. The van der Waals surface area contributed by atoms with Gasteiger partial charge < -0.3 is 14.5 Å². The maximum absolute atomic E-state index is 12.5. The van der Waals surface area contributed by atoms with E-state index < -0.39 is 0 Å². The minimum Gasteiger partial charge on any atom is -0.413 e. The van der Waals surface area contributed by atoms with E-state index in [2.05, 4.69) is 16.0 Å². The fraction of sp³-hybridized carbons (Fsp3) is 0.348. The molecule has 1 amide bonds. The van der Waals surface area contributed by atoms with Crippen LogP contribution in [-0.2, 0) is 6.42 Å². The molecule has 1 fully saturated rings. The van der Waals surface area contributed by atoms with Crippen molar-refractivity contribution in [3.8, 4) is 5.75 Å². The first kappa shape index (κ1) is 19.9. The van der Waals surface area contributed by atoms with Gasteiger partial charge in [0.1, 0.15) is 18.7 Å². The highest BCUT2D eigenvalue weighted by molar-refractivity contribution is 5.70. The molecule has 0 saturated carbocycles. The Morgan fingerprint density at radius 1 is 1.13 bits per heavy atom. The third kappa shape index (κ3) is 5.37. The van der Waals surface area contributed by atoms with Gasteiger partial charge in [-0.3, -0.25) is 4.98 Å². The van der Waals surface area contributed by atoms with Crippen LogP contribution < -0.4 is 9.57 Å². The topological polar surface area (TPSA) is 69.5 Å². The second-order valence-electron chi connectivity index (χ2n) is 7.66. The molecule has 1 aliphatic heterocycles. The standard InChI is InChI=1S/C23H26N4O3/c1-18-2-5-21(25-15-18)14-19-3-6-22(7-4-19)30-23(28)26-11-8-20(9-12-26)16-29-27-13-10-24-17-27/h2-7,10,13,15,17,20H,8-9,11-12,14,16H2,1H3. The Morgan fingerprint density at radius 2 is 1.93 bits per heavy atom. The van der Waals surface area contributed by atoms with E-state index in [4.69, 9.17) is 9.57 Å². The van der Waals surface area contributed by atoms with Crippen molar-refractivity contribution in [2.24, 2.45) is 5.92 Å². The summed E-state index contributed by atoms with van der Waals surface area (Å²) in [6.07, 6.45) is 9.21. The molecule has 1 saturated heterocycles. The van der Waals surface area contributed by atoms with Gasteiger partial charge in [-0.1, -0.05) is 18.2 Å². The molecule has 0 radical (unpaired) electrons. The second kappa shape index (κ2) is 9.43. The van der Waals surface area contributed by atoms with Crippen molar-refractivity contribution in [3.63, 3.8) is 0 Å². The van der Waals surface area contributed by atoms with Crippen molar-refractivity contribution in [3.05, 3.63) is 78.1 Å². The van der Waals surface area contributed by atoms with Crippen molar-refractivity contribution in [2.75, 3.05) is 19.7 Å². The summed E-state index contributed by atoms with van der Waals surface area (Å²) < 4.78 is 7.17. The predicted octanol–water partition coefficient (Wildman–Crippen LogP) is 3.52. The van der Waals surface area contributed by atoms with Crippen LogP contribution in [0.1, 0.15) is 29.7 Å². The number of pyridine rings is 1. The van der Waals surface area contributed by atoms with E-state index in [1.807, 2.05) is 43.5 Å². The summed E-state index contributed by atoms with van der Waals surface area (Å²) in [5.74, 6) is 0.984. The van der Waals surface area contributed by atoms with Crippen molar-refractivity contribution in [1.82, 2.24) is 19.6 Å². The Kier molecular flexibility index (Phi) is 6.27. The number of rotatable bonds is 6. The molecule has 0 spiro atoms. The van der Waals surface area contributed by atoms with Crippen LogP contribution in [0.2, 0.25) is 0 Å². The lowest BCUT2D eigenvalue weighted by Crippen LogP contribution is -2.41. The molecule has 1 aliphatic rings. The maximum atomic E-state index is 12.5. The molecule has 3 heterocycles. The number of benzene rings is 1. The zero-order valence-electron chi connectivity index (χ0n) is 17.1. The van der Waals surface area contributed by atoms with Gasteiger partial charge in [-0.25, -0.2) is 9.78 Å². The van der Waals surface area contributed by atoms with Gasteiger partial charge in [0, 0.05) is 37.6 Å². The first-order valence-corrected chi connectivity index (χ1v) is 10.2. The Morgan fingerprint density at radius 3 is 2.60 bits per heavy atom. The molecule has 7 nitrogen and oxygen atoms in total. The zero-order valence-corrected chi connectivity index (χ0v) is 17.1. The number of hydrogen-bond acceptors (Lipinski definition) is 5. The summed E-state index contributed by atoms with van der Waals surface area (Å²) in [5, 5.41) is 0. The number of amides is 1. The lowest BCUT2D eigenvalue weighted by Gasteiger charge is -2.30. The third-order valence-electron chi connectivity index (χ3n) is 5.30. The summed E-state index contributed by atoms with van der Waals surface area (Å²) in [6.45, 7) is 4.00. The van der Waals surface area contributed by atoms with Crippen LogP contribution in [0.15, 0.2) is 61.3 Å². The minimum atomic E-state index is -0.295. The van der Waals surface area contributed by atoms with Gasteiger partial charge in [-0.2, -0.15) is 4.73 Å². The van der Waals surface area contributed by atoms with Crippen LogP contribution >= 0.6 is 0 Å². The normalized spacial score (nSPS) is 14.5. The largest absolute Gasteiger partial charge is 0.415 e. The number of aromatic nitrogens is 3. The summed E-state index contributed by atoms with van der Waals surface area (Å²) in [5.41, 5.74) is 3.30. The first-order valence-electron chi connectivity index (χ1n) is 10.2. The van der Waals surface area contributed by atoms with Crippen molar-refractivity contribution in [1.29, 1.82) is 0 Å². The minimum absolute atomic E-state index is 0.295. The average molecular weight is 406 g/mol. The monoisotopic (exact) mass is 406 g/mol. The number of likely N-dealkylation sites (tertiary alicyclic amines) is 1. The van der Waals surface area contributed by atoms with Gasteiger partial charge in [0.15, 0.2) is 0 Å². The Bertz CT molecular complexity index is 932. The molecule has 0 aliphatic carbocycles. The van der Waals surface area contributed by atoms with E-state index in [1.54, 1.807) is 28.4 Å². The molecule has 0 atom stereocenters. The number of carbonyl (C=O) groups is 1. The van der Waals surface area contributed by atoms with E-state index in [0.717, 1.165) is 36.1 Å². The Hall–Kier alpha value is -3.35. The van der Waals surface area contributed by atoms with Crippen LogP contribution in [0.25, 0.3) is 0 Å². The Labute approximate surface area is 176 Å². The quantitative estimate of drug-likeness (QED) is 0.627. The summed E-state index contributed by atoms with van der Waals surface area (Å²) in [4.78, 5) is 28.3. The Balaban J connectivity index is 1.22. The molecular formula is C23H26N4O3. The lowest BCUT2D eigenvalue weighted by atomic mass is 9.98. The van der Waals surface area contributed by atoms with Crippen LogP contribution in [0.5, 0.6) is 5.75 Å². The van der Waals surface area contributed by atoms with E-state index in [-0.39, 0.29) is 6.09 Å². The molecule has 0 N–H and O–H groups in total. The number of carbonyl (C=O) groups excluding carboxylic acids is 1. The average Bonchev–Trinajstić information content (AvgIpc) is 3.29. The van der Waals surface area contributed by atoms with Crippen molar-refractivity contribution < 1.29 is 14.4 Å². The van der Waals surface area contributed by atoms with Crippen LogP contribution in [0, 0.1) is 12.8 Å². The molecule has 30 heavy (non-hydrogen) atoms. The fourth-order valence-corrected chi connectivity index (χ4v) is 3.45. The van der Waals surface area contributed by atoms with Crippen LogP contribution in [-0.4, -0.2) is 45.4 Å². The fourth-order valence-electron chi connectivity index (χ4n) is 3.45. The molecule has 0 unspecified atom stereocenters. The molecule has 3 aromatic rings. The smallest absolute Gasteiger partial charge is 0.413 e. The predicted molar refractivity (Wildman–Crippen MR) is 112 cm³/mol. The zero-order chi connectivity index (χ0) is 20.8. The van der Waals surface area contributed by atoms with Crippen LogP contribution in [0.3, 0.4) is 0 Å². The van der Waals surface area contributed by atoms with Gasteiger partial charge in [0.2, 0.25) is 0 Å². The van der Waals surface area contributed by atoms with Gasteiger partial charge >= 0.3 is 6.09 Å². The highest BCUT2D eigenvalue weighted by Gasteiger charge is 2.24. The molecule has 2 aromatic heterocycles. The highest BCUT2D eigenvalue weighted by atomic mass is 16.7. The second-order valence-corrected chi connectivity index (χ2v) is 7.66. The van der Waals surface area contributed by atoms with Gasteiger partial charge in [-0.05, 0) is 55.0 Å². The molecular weight excluding hydrogens is 380 g/mol. The van der Waals surface area contributed by atoms with E-state index in [9.17, 15) is 4.79 Å². The van der Waals surface area contributed by atoms with E-state index in [0.29, 0.717) is 31.4 Å². The number of nitrogens with zero attached hydrogens (tertiary/aromatic N) is 4. The van der Waals surface area contributed by atoms with Gasteiger partial charge in [0.05, 0.1) is 6.20 Å². The lowest BCUT2D eigenvalue weighted by molar-refractivity contribution is 0.0541. The third-order valence-corrected chi connectivity index (χ3v) is 5.30. The van der Waals surface area contributed by atoms with E-state index in [1.165, 1.54) is 0 Å². The molecule has 156 valence electrons. The molecule has 4 rings (SSSR count). The van der Waals surface area contributed by atoms with Gasteiger partial charge in [-0.15, -0.1) is 0 Å². The van der Waals surface area contributed by atoms with Gasteiger partial charge in [0.25, 0.3) is 0 Å². The number of ether oxygens (including phenoxy) is 1. The van der Waals surface area contributed by atoms with Crippen molar-refractivity contribution >= 4 is 6.09 Å². The van der Waals surface area contributed by atoms with Crippen LogP contribution in [0.4, 0.5) is 4.79 Å². The maximum Gasteiger partial charge on any atom is 0.415 e. The van der Waals surface area contributed by atoms with E-state index >= 15 is 0 Å². The highest BCUT2D eigenvalue weighted by Crippen LogP contribution is 2.20. The number of hydrogen-bond donors (Lipinski definition) is 0. The molecule has 7 heteroatoms. The summed E-state index contributed by atoms with van der Waals surface area (Å²) in [7, 11) is 0. The first-order chi connectivity index (χ1) is 14.7. The number of piperidine rings is 1. The summed E-state index contributed by atoms with van der Waals surface area (Å²) in [6, 6.07) is 11.7. The molecule has 1 aromatic carbocycles.